The van der Waals surface area contributed by atoms with Gasteiger partial charge in [0.1, 0.15) is 0 Å². The van der Waals surface area contributed by atoms with Crippen LogP contribution >= 0.6 is 11.8 Å². The third kappa shape index (κ3) is 4.03. The van der Waals surface area contributed by atoms with E-state index in [1.54, 1.807) is 18.0 Å². The molecular weight excluding hydrogens is 380 g/mol. The highest BCUT2D eigenvalue weighted by Crippen LogP contribution is 2.33. The minimum Gasteiger partial charge on any atom is -0.321 e. The van der Waals surface area contributed by atoms with Crippen molar-refractivity contribution in [2.24, 2.45) is 0 Å². The Morgan fingerprint density at radius 2 is 1.79 bits per heavy atom. The highest BCUT2D eigenvalue weighted by Gasteiger charge is 2.16. The molecule has 1 amide bonds. The molecule has 0 aliphatic rings. The monoisotopic (exact) mass is 402 g/mol. The number of hydrogen-bond acceptors (Lipinski definition) is 4. The Hall–Kier alpha value is -3.12. The number of aryl methyl sites for hydroxylation is 1. The molecule has 0 spiro atoms. The van der Waals surface area contributed by atoms with E-state index in [9.17, 15) is 4.79 Å². The third-order valence-corrected chi connectivity index (χ3v) is 5.68. The van der Waals surface area contributed by atoms with E-state index >= 15 is 0 Å². The van der Waals surface area contributed by atoms with Crippen LogP contribution in [0.2, 0.25) is 0 Å². The van der Waals surface area contributed by atoms with Gasteiger partial charge in [0.2, 0.25) is 0 Å². The van der Waals surface area contributed by atoms with Crippen molar-refractivity contribution in [1.82, 2.24) is 14.8 Å². The third-order valence-electron chi connectivity index (χ3n) is 4.60. The minimum atomic E-state index is -0.171. The first kappa shape index (κ1) is 19.2. The van der Waals surface area contributed by atoms with Gasteiger partial charge in [-0.25, -0.2) is 9.67 Å². The van der Waals surface area contributed by atoms with Gasteiger partial charge >= 0.3 is 0 Å². The van der Waals surface area contributed by atoms with Crippen LogP contribution in [-0.4, -0.2) is 20.7 Å². The van der Waals surface area contributed by atoms with E-state index in [4.69, 9.17) is 0 Å². The van der Waals surface area contributed by atoms with Crippen molar-refractivity contribution in [2.75, 3.05) is 5.32 Å². The fourth-order valence-corrected chi connectivity index (χ4v) is 4.06. The first-order chi connectivity index (χ1) is 14.0. The molecule has 2 aromatic heterocycles. The average Bonchev–Trinajstić information content (AvgIpc) is 3.12. The Morgan fingerprint density at radius 3 is 2.55 bits per heavy atom. The van der Waals surface area contributed by atoms with Gasteiger partial charge in [0, 0.05) is 21.2 Å². The molecule has 0 bridgehead atoms. The van der Waals surface area contributed by atoms with Gasteiger partial charge in [-0.3, -0.25) is 4.79 Å². The molecule has 0 aliphatic carbocycles. The molecule has 29 heavy (non-hydrogen) atoms. The van der Waals surface area contributed by atoms with Crippen LogP contribution in [0.4, 0.5) is 5.69 Å². The van der Waals surface area contributed by atoms with E-state index in [1.165, 1.54) is 0 Å². The number of benzene rings is 2. The lowest BCUT2D eigenvalue weighted by atomic mass is 10.1. The standard InChI is InChI=1S/C23H22N4OS/c1-15(2)27-22-17(14-24-27)13-19(16(3)25-22)23(28)26-20-11-7-8-12-21(20)29-18-9-5-4-6-10-18/h4-15H,1-3H3,(H,26,28). The molecule has 0 saturated carbocycles. The van der Waals surface area contributed by atoms with Crippen molar-refractivity contribution in [1.29, 1.82) is 0 Å². The van der Waals surface area contributed by atoms with Crippen molar-refractivity contribution in [2.45, 2.75) is 36.6 Å². The molecule has 2 aromatic carbocycles. The largest absolute Gasteiger partial charge is 0.321 e. The van der Waals surface area contributed by atoms with Crippen LogP contribution < -0.4 is 5.32 Å². The molecule has 0 fully saturated rings. The number of carbonyl (C=O) groups excluding carboxylic acids is 1. The van der Waals surface area contributed by atoms with Crippen molar-refractivity contribution >= 4 is 34.4 Å². The zero-order valence-corrected chi connectivity index (χ0v) is 17.4. The number of hydrogen-bond donors (Lipinski definition) is 1. The summed E-state index contributed by atoms with van der Waals surface area (Å²) in [5, 5.41) is 8.32. The molecule has 0 unspecified atom stereocenters. The van der Waals surface area contributed by atoms with Crippen molar-refractivity contribution < 1.29 is 4.79 Å². The number of pyridine rings is 1. The van der Waals surface area contributed by atoms with E-state index in [1.807, 2.05) is 60.1 Å². The summed E-state index contributed by atoms with van der Waals surface area (Å²) < 4.78 is 1.87. The fourth-order valence-electron chi connectivity index (χ4n) is 3.14. The van der Waals surface area contributed by atoms with E-state index in [0.29, 0.717) is 11.3 Å². The van der Waals surface area contributed by atoms with Gasteiger partial charge in [0.15, 0.2) is 5.65 Å². The van der Waals surface area contributed by atoms with E-state index in [0.717, 1.165) is 26.5 Å². The molecule has 0 atom stereocenters. The van der Waals surface area contributed by atoms with Gasteiger partial charge in [0.05, 0.1) is 23.1 Å². The second kappa shape index (κ2) is 8.09. The molecule has 0 aliphatic heterocycles. The highest BCUT2D eigenvalue weighted by atomic mass is 32.2. The van der Waals surface area contributed by atoms with E-state index < -0.39 is 0 Å². The summed E-state index contributed by atoms with van der Waals surface area (Å²) in [5.41, 5.74) is 2.82. The predicted octanol–water partition coefficient (Wildman–Crippen LogP) is 5.72. The number of nitrogens with one attached hydrogen (secondary N) is 1. The smallest absolute Gasteiger partial charge is 0.257 e. The predicted molar refractivity (Wildman–Crippen MR) is 118 cm³/mol. The zero-order valence-electron chi connectivity index (χ0n) is 16.6. The van der Waals surface area contributed by atoms with E-state index in [-0.39, 0.29) is 11.9 Å². The molecular formula is C23H22N4OS. The lowest BCUT2D eigenvalue weighted by Gasteiger charge is -2.12. The van der Waals surface area contributed by atoms with Crippen LogP contribution in [0.25, 0.3) is 11.0 Å². The summed E-state index contributed by atoms with van der Waals surface area (Å²) in [6.07, 6.45) is 1.76. The van der Waals surface area contributed by atoms with Crippen molar-refractivity contribution in [3.8, 4) is 0 Å². The fraction of sp³-hybridized carbons (Fsp3) is 0.174. The van der Waals surface area contributed by atoms with Crippen LogP contribution in [0.3, 0.4) is 0 Å². The van der Waals surface area contributed by atoms with Gasteiger partial charge in [-0.15, -0.1) is 0 Å². The lowest BCUT2D eigenvalue weighted by molar-refractivity contribution is 0.102. The molecule has 146 valence electrons. The molecule has 0 saturated heterocycles. The molecule has 1 N–H and O–H groups in total. The van der Waals surface area contributed by atoms with Crippen LogP contribution in [-0.2, 0) is 0 Å². The van der Waals surface area contributed by atoms with Crippen LogP contribution in [0.15, 0.2) is 76.7 Å². The maximum atomic E-state index is 13.0. The number of rotatable bonds is 5. The summed E-state index contributed by atoms with van der Waals surface area (Å²) in [4.78, 5) is 19.8. The Kier molecular flexibility index (Phi) is 5.36. The minimum absolute atomic E-state index is 0.171. The van der Waals surface area contributed by atoms with Gasteiger partial charge in [-0.2, -0.15) is 5.10 Å². The molecule has 2 heterocycles. The quantitative estimate of drug-likeness (QED) is 0.463. The maximum Gasteiger partial charge on any atom is 0.257 e. The van der Waals surface area contributed by atoms with Gasteiger partial charge in [-0.05, 0) is 51.1 Å². The molecule has 0 radical (unpaired) electrons. The maximum absolute atomic E-state index is 13.0. The van der Waals surface area contributed by atoms with Gasteiger partial charge in [0.25, 0.3) is 5.91 Å². The van der Waals surface area contributed by atoms with Gasteiger partial charge in [-0.1, -0.05) is 42.1 Å². The molecule has 6 heteroatoms. The van der Waals surface area contributed by atoms with Crippen LogP contribution in [0.5, 0.6) is 0 Å². The van der Waals surface area contributed by atoms with Crippen LogP contribution in [0, 0.1) is 6.92 Å². The Bertz CT molecular complexity index is 1170. The van der Waals surface area contributed by atoms with Gasteiger partial charge < -0.3 is 5.32 Å². The summed E-state index contributed by atoms with van der Waals surface area (Å²) in [7, 11) is 0. The second-order valence-corrected chi connectivity index (χ2v) is 8.20. The number of anilines is 1. The van der Waals surface area contributed by atoms with Crippen LogP contribution in [0.1, 0.15) is 35.9 Å². The second-order valence-electron chi connectivity index (χ2n) is 7.08. The topological polar surface area (TPSA) is 59.8 Å². The number of amides is 1. The van der Waals surface area contributed by atoms with Crippen molar-refractivity contribution in [3.05, 3.63) is 78.1 Å². The Labute approximate surface area is 174 Å². The first-order valence-corrected chi connectivity index (χ1v) is 10.3. The molecule has 4 aromatic rings. The molecule has 4 rings (SSSR count). The SMILES string of the molecule is Cc1nc2c(cnn2C(C)C)cc1C(=O)Nc1ccccc1Sc1ccccc1. The Morgan fingerprint density at radius 1 is 1.07 bits per heavy atom. The van der Waals surface area contributed by atoms with Crippen molar-refractivity contribution in [3.63, 3.8) is 0 Å². The number of fused-ring (bicyclic) bond motifs is 1. The number of nitrogens with zero attached hydrogens (tertiary/aromatic N) is 3. The average molecular weight is 403 g/mol. The summed E-state index contributed by atoms with van der Waals surface area (Å²) >= 11 is 1.62. The summed E-state index contributed by atoms with van der Waals surface area (Å²) in [6.45, 7) is 5.98. The zero-order chi connectivity index (χ0) is 20.4. The molecule has 5 nitrogen and oxygen atoms in total. The first-order valence-electron chi connectivity index (χ1n) is 9.51. The number of para-hydroxylation sites is 1. The highest BCUT2D eigenvalue weighted by molar-refractivity contribution is 7.99. The van der Waals surface area contributed by atoms with E-state index in [2.05, 4.69) is 41.4 Å². The normalized spacial score (nSPS) is 11.2. The summed E-state index contributed by atoms with van der Waals surface area (Å²) in [6, 6.07) is 20.0. The Balaban J connectivity index is 1.63. The lowest BCUT2D eigenvalue weighted by Crippen LogP contribution is -2.15. The number of aromatic nitrogens is 3. The number of carbonyl (C=O) groups is 1. The summed E-state index contributed by atoms with van der Waals surface area (Å²) in [5.74, 6) is -0.171.